The molecular weight excluding hydrogens is 406 g/mol. The van der Waals surface area contributed by atoms with Crippen LogP contribution in [-0.2, 0) is 4.79 Å². The zero-order valence-corrected chi connectivity index (χ0v) is 13.1. The van der Waals surface area contributed by atoms with Gasteiger partial charge in [0, 0.05) is 11.8 Å². The lowest BCUT2D eigenvalue weighted by atomic mass is 10.2. The molecule has 0 aliphatic rings. The Morgan fingerprint density at radius 2 is 2.12 bits per heavy atom. The van der Waals surface area contributed by atoms with Gasteiger partial charge >= 0.3 is 0 Å². The molecule has 1 N–H and O–H groups in total. The van der Waals surface area contributed by atoms with Gasteiger partial charge in [0.2, 0.25) is 5.91 Å². The van der Waals surface area contributed by atoms with Crippen LogP contribution in [0.1, 0.15) is 19.3 Å². The molecule has 1 rings (SSSR count). The molecule has 0 bridgehead atoms. The first kappa shape index (κ1) is 14.1. The lowest BCUT2D eigenvalue weighted by molar-refractivity contribution is -0.116. The van der Waals surface area contributed by atoms with E-state index < -0.39 is 0 Å². The molecular formula is C9H10Br3N3O. The maximum Gasteiger partial charge on any atom is 0.225 e. The van der Waals surface area contributed by atoms with E-state index in [-0.39, 0.29) is 5.91 Å². The first-order chi connectivity index (χ1) is 7.63. The van der Waals surface area contributed by atoms with Crippen molar-refractivity contribution < 1.29 is 4.79 Å². The largest absolute Gasteiger partial charge is 0.308 e. The molecule has 0 aliphatic heterocycles. The number of hydrogen-bond donors (Lipinski definition) is 1. The van der Waals surface area contributed by atoms with E-state index in [4.69, 9.17) is 0 Å². The van der Waals surface area contributed by atoms with E-state index in [9.17, 15) is 4.79 Å². The molecule has 1 aromatic rings. The van der Waals surface area contributed by atoms with Crippen molar-refractivity contribution in [1.82, 2.24) is 9.97 Å². The van der Waals surface area contributed by atoms with Crippen molar-refractivity contribution in [1.29, 1.82) is 0 Å². The molecule has 0 fully saturated rings. The summed E-state index contributed by atoms with van der Waals surface area (Å²) in [5.74, 6) is 0.408. The van der Waals surface area contributed by atoms with Gasteiger partial charge in [0.25, 0.3) is 0 Å². The van der Waals surface area contributed by atoms with Crippen LogP contribution in [0.15, 0.2) is 15.4 Å². The average molecular weight is 416 g/mol. The van der Waals surface area contributed by atoms with Gasteiger partial charge in [-0.1, -0.05) is 15.9 Å². The van der Waals surface area contributed by atoms with Crippen LogP contribution < -0.4 is 5.32 Å². The Labute approximate surface area is 119 Å². The number of hydrogen-bond acceptors (Lipinski definition) is 3. The molecule has 0 saturated heterocycles. The van der Waals surface area contributed by atoms with Crippen LogP contribution in [0.25, 0.3) is 0 Å². The highest BCUT2D eigenvalue weighted by atomic mass is 79.9. The van der Waals surface area contributed by atoms with Crippen LogP contribution in [0, 0.1) is 0 Å². The topological polar surface area (TPSA) is 54.9 Å². The summed E-state index contributed by atoms with van der Waals surface area (Å²) in [6, 6.07) is 0. The Morgan fingerprint density at radius 1 is 1.38 bits per heavy atom. The van der Waals surface area contributed by atoms with Gasteiger partial charge in [0.15, 0.2) is 5.82 Å². The molecule has 1 aromatic heterocycles. The van der Waals surface area contributed by atoms with Crippen LogP contribution >= 0.6 is 47.8 Å². The van der Waals surface area contributed by atoms with Gasteiger partial charge in [-0.05, 0) is 44.7 Å². The fraction of sp³-hybridized carbons (Fsp3) is 0.444. The number of alkyl halides is 1. The van der Waals surface area contributed by atoms with E-state index in [1.807, 2.05) is 0 Å². The Kier molecular flexibility index (Phi) is 6.45. The van der Waals surface area contributed by atoms with Crippen molar-refractivity contribution in [3.8, 4) is 0 Å². The molecule has 4 nitrogen and oxygen atoms in total. The van der Waals surface area contributed by atoms with Crippen molar-refractivity contribution >= 4 is 59.5 Å². The predicted octanol–water partition coefficient (Wildman–Crippen LogP) is 3.51. The lowest BCUT2D eigenvalue weighted by Crippen LogP contribution is -2.13. The third-order valence-electron chi connectivity index (χ3n) is 1.75. The number of aromatic nitrogens is 2. The number of carbonyl (C=O) groups excluding carboxylic acids is 1. The van der Waals surface area contributed by atoms with Gasteiger partial charge in [0.1, 0.15) is 9.21 Å². The van der Waals surface area contributed by atoms with Gasteiger partial charge in [-0.2, -0.15) is 0 Å². The van der Waals surface area contributed by atoms with Gasteiger partial charge in [-0.25, -0.2) is 9.97 Å². The zero-order valence-electron chi connectivity index (χ0n) is 8.34. The van der Waals surface area contributed by atoms with Crippen molar-refractivity contribution in [3.05, 3.63) is 15.4 Å². The summed E-state index contributed by atoms with van der Waals surface area (Å²) in [4.78, 5) is 19.6. The second-order valence-corrected chi connectivity index (χ2v) is 5.38. The fourth-order valence-electron chi connectivity index (χ4n) is 1.01. The van der Waals surface area contributed by atoms with Crippen molar-refractivity contribution in [2.24, 2.45) is 0 Å². The zero-order chi connectivity index (χ0) is 12.0. The maximum atomic E-state index is 11.5. The Morgan fingerprint density at radius 3 is 2.75 bits per heavy atom. The van der Waals surface area contributed by atoms with Gasteiger partial charge < -0.3 is 5.32 Å². The van der Waals surface area contributed by atoms with E-state index in [2.05, 4.69) is 63.1 Å². The lowest BCUT2D eigenvalue weighted by Gasteiger charge is -2.05. The summed E-state index contributed by atoms with van der Waals surface area (Å²) in [7, 11) is 0. The molecule has 0 radical (unpaired) electrons. The molecule has 16 heavy (non-hydrogen) atoms. The number of amides is 1. The molecule has 1 amide bonds. The van der Waals surface area contributed by atoms with E-state index in [0.717, 1.165) is 18.2 Å². The number of carbonyl (C=O) groups is 1. The first-order valence-electron chi connectivity index (χ1n) is 4.67. The third kappa shape index (κ3) is 4.88. The summed E-state index contributed by atoms with van der Waals surface area (Å²) in [6.45, 7) is 0. The number of anilines is 1. The number of nitrogens with zero attached hydrogens (tertiary/aromatic N) is 2. The van der Waals surface area contributed by atoms with Crippen molar-refractivity contribution in [2.75, 3.05) is 10.6 Å². The van der Waals surface area contributed by atoms with Gasteiger partial charge in [0.05, 0.1) is 6.20 Å². The molecule has 7 heteroatoms. The van der Waals surface area contributed by atoms with E-state index >= 15 is 0 Å². The molecule has 1 heterocycles. The molecule has 0 atom stereocenters. The van der Waals surface area contributed by atoms with Crippen LogP contribution in [0.3, 0.4) is 0 Å². The SMILES string of the molecule is O=C(CCCCBr)Nc1ncc(Br)nc1Br. The van der Waals surface area contributed by atoms with Crippen LogP contribution in [0.4, 0.5) is 5.82 Å². The summed E-state index contributed by atoms with van der Waals surface area (Å²) in [6.07, 6.45) is 3.88. The fourth-order valence-corrected chi connectivity index (χ4v) is 2.31. The second-order valence-electron chi connectivity index (χ2n) is 3.03. The number of rotatable bonds is 5. The normalized spacial score (nSPS) is 10.2. The summed E-state index contributed by atoms with van der Waals surface area (Å²) in [5, 5.41) is 3.62. The predicted molar refractivity (Wildman–Crippen MR) is 73.7 cm³/mol. The molecule has 0 spiro atoms. The molecule has 0 aliphatic carbocycles. The standard InChI is InChI=1S/C9H10Br3N3O/c10-4-2-1-3-7(16)15-9-8(12)14-6(11)5-13-9/h5H,1-4H2,(H,13,15,16). The Balaban J connectivity index is 2.49. The average Bonchev–Trinajstić information content (AvgIpc) is 2.23. The number of halogens is 3. The second kappa shape index (κ2) is 7.34. The Bertz CT molecular complexity index is 373. The molecule has 0 unspecified atom stereocenters. The summed E-state index contributed by atoms with van der Waals surface area (Å²) in [5.41, 5.74) is 0. The van der Waals surface area contributed by atoms with Crippen LogP contribution in [0.2, 0.25) is 0 Å². The summed E-state index contributed by atoms with van der Waals surface area (Å²) >= 11 is 9.74. The van der Waals surface area contributed by atoms with Crippen LogP contribution in [-0.4, -0.2) is 21.2 Å². The summed E-state index contributed by atoms with van der Waals surface area (Å²) < 4.78 is 1.15. The highest BCUT2D eigenvalue weighted by Crippen LogP contribution is 2.19. The van der Waals surface area contributed by atoms with E-state index in [0.29, 0.717) is 21.4 Å². The van der Waals surface area contributed by atoms with Crippen LogP contribution in [0.5, 0.6) is 0 Å². The van der Waals surface area contributed by atoms with Gasteiger partial charge in [-0.15, -0.1) is 0 Å². The smallest absolute Gasteiger partial charge is 0.225 e. The molecule has 0 aromatic carbocycles. The maximum absolute atomic E-state index is 11.5. The molecule has 88 valence electrons. The minimum Gasteiger partial charge on any atom is -0.308 e. The Hall–Kier alpha value is -0.0100. The highest BCUT2D eigenvalue weighted by Gasteiger charge is 2.07. The monoisotopic (exact) mass is 413 g/mol. The third-order valence-corrected chi connectivity index (χ3v) is 3.24. The first-order valence-corrected chi connectivity index (χ1v) is 7.38. The van der Waals surface area contributed by atoms with Gasteiger partial charge in [-0.3, -0.25) is 4.79 Å². The molecule has 0 saturated carbocycles. The number of unbranched alkanes of at least 4 members (excludes halogenated alkanes) is 1. The number of nitrogens with one attached hydrogen (secondary N) is 1. The van der Waals surface area contributed by atoms with Crippen molar-refractivity contribution in [2.45, 2.75) is 19.3 Å². The quantitative estimate of drug-likeness (QED) is 0.591. The minimum absolute atomic E-state index is 0.0433. The highest BCUT2D eigenvalue weighted by molar-refractivity contribution is 9.11. The van der Waals surface area contributed by atoms with Crippen molar-refractivity contribution in [3.63, 3.8) is 0 Å². The van der Waals surface area contributed by atoms with E-state index in [1.54, 1.807) is 6.20 Å². The van der Waals surface area contributed by atoms with E-state index in [1.165, 1.54) is 0 Å². The minimum atomic E-state index is -0.0433.